The predicted molar refractivity (Wildman–Crippen MR) is 103 cm³/mol. The topological polar surface area (TPSA) is 69.9 Å². The van der Waals surface area contributed by atoms with E-state index in [0.717, 1.165) is 4.96 Å². The molecule has 2 aromatic heterocycles. The van der Waals surface area contributed by atoms with E-state index in [4.69, 9.17) is 21.1 Å². The molecule has 1 aromatic carbocycles. The maximum Gasteiger partial charge on any atom is 0.331 e. The number of esters is 1. The van der Waals surface area contributed by atoms with Gasteiger partial charge in [-0.05, 0) is 40.2 Å². The van der Waals surface area contributed by atoms with Crippen molar-refractivity contribution in [3.05, 3.63) is 56.7 Å². The lowest BCUT2D eigenvalue weighted by atomic mass is 10.1. The largest absolute Gasteiger partial charge is 0.496 e. The van der Waals surface area contributed by atoms with E-state index in [1.807, 2.05) is 5.38 Å². The first kappa shape index (κ1) is 18.6. The fourth-order valence-corrected chi connectivity index (χ4v) is 3.73. The summed E-state index contributed by atoms with van der Waals surface area (Å²) in [6.07, 6.45) is 4.52. The van der Waals surface area contributed by atoms with Crippen molar-refractivity contribution in [2.45, 2.75) is 0 Å². The number of methoxy groups -OCH3 is 1. The Bertz CT molecular complexity index is 1010. The Morgan fingerprint density at radius 2 is 2.23 bits per heavy atom. The van der Waals surface area contributed by atoms with Gasteiger partial charge in [0.25, 0.3) is 0 Å². The molecular weight excluding hydrogens is 444 g/mol. The minimum atomic E-state index is -0.646. The summed E-state index contributed by atoms with van der Waals surface area (Å²) >= 11 is 10.8. The second-order valence-electron chi connectivity index (χ2n) is 5.06. The molecule has 3 aromatic rings. The molecule has 6 nitrogen and oxygen atoms in total. The predicted octanol–water partition coefficient (Wildman–Crippen LogP) is 4.26. The second-order valence-corrected chi connectivity index (χ2v) is 7.14. The SMILES string of the molecule is COc1ccc(C(=O)COC(=O)/C=C/c2c(Cl)nc3sccn23)cc1Br. The van der Waals surface area contributed by atoms with Crippen molar-refractivity contribution >= 4 is 61.7 Å². The lowest BCUT2D eigenvalue weighted by molar-refractivity contribution is -0.136. The molecule has 3 rings (SSSR count). The summed E-state index contributed by atoms with van der Waals surface area (Å²) in [5.41, 5.74) is 0.985. The van der Waals surface area contributed by atoms with Gasteiger partial charge >= 0.3 is 5.97 Å². The molecule has 0 atom stereocenters. The lowest BCUT2D eigenvalue weighted by Gasteiger charge is -2.06. The van der Waals surface area contributed by atoms with E-state index in [-0.39, 0.29) is 12.4 Å². The van der Waals surface area contributed by atoms with Crippen molar-refractivity contribution in [1.82, 2.24) is 9.38 Å². The Morgan fingerprint density at radius 3 is 2.96 bits per heavy atom. The van der Waals surface area contributed by atoms with E-state index < -0.39 is 5.97 Å². The number of imidazole rings is 1. The molecule has 134 valence electrons. The van der Waals surface area contributed by atoms with Crippen molar-refractivity contribution in [3.63, 3.8) is 0 Å². The molecule has 2 heterocycles. The van der Waals surface area contributed by atoms with Crippen LogP contribution < -0.4 is 4.74 Å². The number of carbonyl (C=O) groups excluding carboxylic acids is 2. The average Bonchev–Trinajstić information content (AvgIpc) is 3.18. The standard InChI is InChI=1S/C17H12BrClN2O4S/c1-24-14-4-2-10(8-11(14)18)13(22)9-25-15(23)5-3-12-16(19)20-17-21(12)6-7-26-17/h2-8H,9H2,1H3/b5-3+. The van der Waals surface area contributed by atoms with Gasteiger partial charge in [-0.25, -0.2) is 9.78 Å². The zero-order valence-corrected chi connectivity index (χ0v) is 16.6. The van der Waals surface area contributed by atoms with Crippen LogP contribution in [0.3, 0.4) is 0 Å². The lowest BCUT2D eigenvalue weighted by Crippen LogP contribution is -2.12. The van der Waals surface area contributed by atoms with Crippen molar-refractivity contribution in [1.29, 1.82) is 0 Å². The summed E-state index contributed by atoms with van der Waals surface area (Å²) in [7, 11) is 1.53. The summed E-state index contributed by atoms with van der Waals surface area (Å²) in [6.45, 7) is -0.365. The normalized spacial score (nSPS) is 11.2. The Hall–Kier alpha value is -2.16. The maximum absolute atomic E-state index is 12.1. The third-order valence-corrected chi connectivity index (χ3v) is 5.11. The summed E-state index contributed by atoms with van der Waals surface area (Å²) in [5.74, 6) is -0.358. The van der Waals surface area contributed by atoms with Crippen molar-refractivity contribution in [2.75, 3.05) is 13.7 Å². The highest BCUT2D eigenvalue weighted by atomic mass is 79.9. The fraction of sp³-hybridized carbons (Fsp3) is 0.118. The quantitative estimate of drug-likeness (QED) is 0.315. The Labute approximate surface area is 166 Å². The summed E-state index contributed by atoms with van der Waals surface area (Å²) < 4.78 is 12.5. The average molecular weight is 456 g/mol. The van der Waals surface area contributed by atoms with E-state index in [1.54, 1.807) is 28.8 Å². The van der Waals surface area contributed by atoms with Gasteiger partial charge in [-0.2, -0.15) is 0 Å². The molecule has 0 aliphatic rings. The number of Topliss-reactive ketones (excluding diaryl/α,β-unsaturated/α-hetero) is 1. The summed E-state index contributed by atoms with van der Waals surface area (Å²) in [5, 5.41) is 2.15. The van der Waals surface area contributed by atoms with Gasteiger partial charge in [0.15, 0.2) is 22.5 Å². The number of ketones is 1. The van der Waals surface area contributed by atoms with Gasteiger partial charge in [0.05, 0.1) is 17.3 Å². The molecule has 0 unspecified atom stereocenters. The monoisotopic (exact) mass is 454 g/mol. The van der Waals surface area contributed by atoms with Gasteiger partial charge in [0.2, 0.25) is 0 Å². The molecule has 0 bridgehead atoms. The number of nitrogens with zero attached hydrogens (tertiary/aromatic N) is 2. The highest BCUT2D eigenvalue weighted by Gasteiger charge is 2.12. The van der Waals surface area contributed by atoms with Crippen molar-refractivity contribution in [3.8, 4) is 5.75 Å². The second kappa shape index (κ2) is 8.03. The Kier molecular flexibility index (Phi) is 5.75. The number of fused-ring (bicyclic) bond motifs is 1. The number of thiazole rings is 1. The minimum Gasteiger partial charge on any atom is -0.496 e. The number of rotatable bonds is 6. The molecule has 0 fully saturated rings. The number of benzene rings is 1. The zero-order valence-electron chi connectivity index (χ0n) is 13.4. The van der Waals surface area contributed by atoms with Crippen LogP contribution in [0.15, 0.2) is 40.3 Å². The molecule has 0 aliphatic carbocycles. The van der Waals surface area contributed by atoms with Crippen LogP contribution in [0, 0.1) is 0 Å². The van der Waals surface area contributed by atoms with E-state index in [9.17, 15) is 9.59 Å². The van der Waals surface area contributed by atoms with Crippen LogP contribution in [0.5, 0.6) is 5.75 Å². The van der Waals surface area contributed by atoms with Crippen LogP contribution in [-0.2, 0) is 9.53 Å². The molecule has 0 N–H and O–H groups in total. The molecule has 0 aliphatic heterocycles. The van der Waals surface area contributed by atoms with Crippen LogP contribution in [0.25, 0.3) is 11.0 Å². The van der Waals surface area contributed by atoms with E-state index >= 15 is 0 Å². The minimum absolute atomic E-state index is 0.292. The number of carbonyl (C=O) groups is 2. The molecule has 0 saturated heterocycles. The fourth-order valence-electron chi connectivity index (χ4n) is 2.18. The van der Waals surface area contributed by atoms with Gasteiger partial charge in [0, 0.05) is 23.2 Å². The van der Waals surface area contributed by atoms with E-state index in [1.165, 1.54) is 30.6 Å². The first-order chi connectivity index (χ1) is 12.5. The van der Waals surface area contributed by atoms with Crippen LogP contribution in [0.1, 0.15) is 16.1 Å². The van der Waals surface area contributed by atoms with Crippen LogP contribution in [0.4, 0.5) is 0 Å². The van der Waals surface area contributed by atoms with E-state index in [2.05, 4.69) is 20.9 Å². The van der Waals surface area contributed by atoms with Gasteiger partial charge < -0.3 is 9.47 Å². The Balaban J connectivity index is 1.61. The van der Waals surface area contributed by atoms with Gasteiger partial charge in [-0.1, -0.05) is 11.6 Å². The molecular formula is C17H12BrClN2O4S. The number of halogens is 2. The van der Waals surface area contributed by atoms with Crippen LogP contribution >= 0.6 is 38.9 Å². The highest BCUT2D eigenvalue weighted by molar-refractivity contribution is 9.10. The third kappa shape index (κ3) is 3.98. The smallest absolute Gasteiger partial charge is 0.331 e. The molecule has 9 heteroatoms. The highest BCUT2D eigenvalue weighted by Crippen LogP contribution is 2.26. The summed E-state index contributed by atoms with van der Waals surface area (Å²) in [6, 6.07) is 4.88. The molecule has 26 heavy (non-hydrogen) atoms. The molecule has 0 saturated carbocycles. The Morgan fingerprint density at radius 1 is 1.42 bits per heavy atom. The van der Waals surface area contributed by atoms with Gasteiger partial charge in [0.1, 0.15) is 5.75 Å². The first-order valence-corrected chi connectivity index (χ1v) is 9.37. The van der Waals surface area contributed by atoms with Crippen LogP contribution in [0.2, 0.25) is 5.15 Å². The maximum atomic E-state index is 12.1. The van der Waals surface area contributed by atoms with Gasteiger partial charge in [-0.3, -0.25) is 9.20 Å². The number of hydrogen-bond acceptors (Lipinski definition) is 6. The third-order valence-electron chi connectivity index (χ3n) is 3.45. The van der Waals surface area contributed by atoms with Crippen molar-refractivity contribution < 1.29 is 19.1 Å². The number of hydrogen-bond donors (Lipinski definition) is 0. The molecule has 0 radical (unpaired) electrons. The first-order valence-electron chi connectivity index (χ1n) is 7.32. The zero-order chi connectivity index (χ0) is 18.7. The van der Waals surface area contributed by atoms with Crippen molar-refractivity contribution in [2.24, 2.45) is 0 Å². The number of aromatic nitrogens is 2. The summed E-state index contributed by atoms with van der Waals surface area (Å²) in [4.78, 5) is 28.9. The number of ether oxygens (including phenoxy) is 2. The molecule has 0 spiro atoms. The van der Waals surface area contributed by atoms with Crippen LogP contribution in [-0.4, -0.2) is 34.9 Å². The van der Waals surface area contributed by atoms with E-state index in [0.29, 0.717) is 26.6 Å². The van der Waals surface area contributed by atoms with Gasteiger partial charge in [-0.15, -0.1) is 11.3 Å². The molecule has 0 amide bonds.